The van der Waals surface area contributed by atoms with Crippen molar-refractivity contribution in [2.45, 2.75) is 43.6 Å². The number of hydrogen-bond acceptors (Lipinski definition) is 7. The molecule has 0 spiro atoms. The summed E-state index contributed by atoms with van der Waals surface area (Å²) in [6, 6.07) is 5.03. The molecule has 1 aromatic heterocycles. The number of Topliss-reactive ketones (excluding diaryl/α,β-unsaturated/α-hetero) is 1. The third-order valence-corrected chi connectivity index (χ3v) is 4.66. The fraction of sp³-hybridized carbons (Fsp3) is 0.438. The van der Waals surface area contributed by atoms with Crippen LogP contribution in [0.25, 0.3) is 0 Å². The minimum Gasteiger partial charge on any atom is -0.482 e. The van der Waals surface area contributed by atoms with E-state index in [1.165, 1.54) is 11.8 Å². The van der Waals surface area contributed by atoms with E-state index < -0.39 is 0 Å². The number of nitrogens with zero attached hydrogens (tertiary/aromatic N) is 4. The number of tetrazole rings is 1. The van der Waals surface area contributed by atoms with Gasteiger partial charge in [-0.3, -0.25) is 9.59 Å². The van der Waals surface area contributed by atoms with Gasteiger partial charge in [-0.2, -0.15) is 0 Å². The molecule has 25 heavy (non-hydrogen) atoms. The molecule has 1 aliphatic rings. The fourth-order valence-corrected chi connectivity index (χ4v) is 3.41. The number of hydrogen-bond donors (Lipinski definition) is 1. The van der Waals surface area contributed by atoms with Crippen molar-refractivity contribution in [3.05, 3.63) is 23.8 Å². The average Bonchev–Trinajstić information content (AvgIpc) is 3.01. The Morgan fingerprint density at radius 2 is 2.16 bits per heavy atom. The number of anilines is 1. The Morgan fingerprint density at radius 1 is 1.40 bits per heavy atom. The minimum atomic E-state index is -0.384. The predicted molar refractivity (Wildman–Crippen MR) is 93.0 cm³/mol. The maximum absolute atomic E-state index is 12.7. The van der Waals surface area contributed by atoms with Crippen LogP contribution in [0.15, 0.2) is 23.4 Å². The Labute approximate surface area is 149 Å². The van der Waals surface area contributed by atoms with E-state index in [1.54, 1.807) is 22.9 Å². The van der Waals surface area contributed by atoms with Crippen molar-refractivity contribution in [3.63, 3.8) is 0 Å². The Hall–Kier alpha value is -2.42. The van der Waals surface area contributed by atoms with Crippen molar-refractivity contribution >= 4 is 29.1 Å². The number of ketones is 1. The molecule has 0 fully saturated rings. The highest BCUT2D eigenvalue weighted by atomic mass is 32.2. The molecule has 3 rings (SSSR count). The van der Waals surface area contributed by atoms with Gasteiger partial charge in [0.2, 0.25) is 5.16 Å². The van der Waals surface area contributed by atoms with Crippen molar-refractivity contribution < 1.29 is 14.3 Å². The van der Waals surface area contributed by atoms with E-state index >= 15 is 0 Å². The van der Waals surface area contributed by atoms with E-state index in [0.717, 1.165) is 0 Å². The number of carbonyl (C=O) groups is 2. The molecule has 1 atom stereocenters. The van der Waals surface area contributed by atoms with Gasteiger partial charge < -0.3 is 10.1 Å². The molecule has 1 amide bonds. The van der Waals surface area contributed by atoms with Crippen molar-refractivity contribution in [1.29, 1.82) is 0 Å². The van der Waals surface area contributed by atoms with Crippen LogP contribution in [0.1, 0.15) is 38.1 Å². The van der Waals surface area contributed by atoms with Crippen molar-refractivity contribution in [3.8, 4) is 5.75 Å². The molecule has 0 saturated carbocycles. The number of rotatable bonds is 4. The van der Waals surface area contributed by atoms with Gasteiger partial charge in [-0.15, -0.1) is 5.10 Å². The lowest BCUT2D eigenvalue weighted by molar-refractivity contribution is -0.118. The number of aromatic nitrogens is 4. The summed E-state index contributed by atoms with van der Waals surface area (Å²) < 4.78 is 7.01. The van der Waals surface area contributed by atoms with Gasteiger partial charge in [0.1, 0.15) is 5.75 Å². The molecule has 1 aromatic carbocycles. The second kappa shape index (κ2) is 6.47. The first kappa shape index (κ1) is 17.4. The highest BCUT2D eigenvalue weighted by Crippen LogP contribution is 2.31. The van der Waals surface area contributed by atoms with Crippen LogP contribution in [-0.4, -0.2) is 43.8 Å². The minimum absolute atomic E-state index is 0.0119. The quantitative estimate of drug-likeness (QED) is 0.658. The molecule has 1 unspecified atom stereocenters. The van der Waals surface area contributed by atoms with Crippen LogP contribution in [0.3, 0.4) is 0 Å². The summed E-state index contributed by atoms with van der Waals surface area (Å²) in [6.45, 7) is 7.77. The fourth-order valence-electron chi connectivity index (χ4n) is 2.36. The molecule has 1 aliphatic heterocycles. The SMILES string of the molecule is CC(Sc1nnnn1C(C)(C)C)C(=O)c1ccc2c(c1)NC(=O)CO2. The highest BCUT2D eigenvalue weighted by Gasteiger charge is 2.25. The number of carbonyl (C=O) groups excluding carboxylic acids is 2. The maximum atomic E-state index is 12.7. The molecule has 9 heteroatoms. The topological polar surface area (TPSA) is 99.0 Å². The van der Waals surface area contributed by atoms with Gasteiger partial charge in [0.25, 0.3) is 5.91 Å². The summed E-state index contributed by atoms with van der Waals surface area (Å²) in [5.41, 5.74) is 0.736. The lowest BCUT2D eigenvalue weighted by Gasteiger charge is -2.21. The smallest absolute Gasteiger partial charge is 0.262 e. The van der Waals surface area contributed by atoms with E-state index in [2.05, 4.69) is 20.8 Å². The summed E-state index contributed by atoms with van der Waals surface area (Å²) in [6.07, 6.45) is 0. The zero-order valence-corrected chi connectivity index (χ0v) is 15.3. The molecule has 0 radical (unpaired) electrons. The molecule has 1 N–H and O–H groups in total. The van der Waals surface area contributed by atoms with E-state index in [-0.39, 0.29) is 29.1 Å². The summed E-state index contributed by atoms with van der Waals surface area (Å²) in [4.78, 5) is 24.2. The molecular weight excluding hydrogens is 342 g/mol. The lowest BCUT2D eigenvalue weighted by Crippen LogP contribution is -2.26. The van der Waals surface area contributed by atoms with E-state index in [9.17, 15) is 9.59 Å². The lowest BCUT2D eigenvalue weighted by atomic mass is 10.1. The van der Waals surface area contributed by atoms with Crippen LogP contribution in [0.4, 0.5) is 5.69 Å². The van der Waals surface area contributed by atoms with Gasteiger partial charge in [0.05, 0.1) is 16.5 Å². The molecule has 0 bridgehead atoms. The average molecular weight is 361 g/mol. The van der Waals surface area contributed by atoms with Crippen LogP contribution >= 0.6 is 11.8 Å². The zero-order valence-electron chi connectivity index (χ0n) is 14.4. The molecule has 2 heterocycles. The Balaban J connectivity index is 1.78. The van der Waals surface area contributed by atoms with Gasteiger partial charge in [-0.1, -0.05) is 11.8 Å². The summed E-state index contributed by atoms with van der Waals surface area (Å²) in [5, 5.41) is 14.6. The van der Waals surface area contributed by atoms with Crippen LogP contribution in [-0.2, 0) is 10.3 Å². The maximum Gasteiger partial charge on any atom is 0.262 e. The largest absolute Gasteiger partial charge is 0.482 e. The van der Waals surface area contributed by atoms with Crippen LogP contribution in [0.2, 0.25) is 0 Å². The van der Waals surface area contributed by atoms with Crippen molar-refractivity contribution in [1.82, 2.24) is 20.2 Å². The molecule has 2 aromatic rings. The predicted octanol–water partition coefficient (Wildman–Crippen LogP) is 2.12. The third kappa shape index (κ3) is 3.65. The summed E-state index contributed by atoms with van der Waals surface area (Å²) in [7, 11) is 0. The number of nitrogens with one attached hydrogen (secondary N) is 1. The van der Waals surface area contributed by atoms with Gasteiger partial charge in [0, 0.05) is 5.56 Å². The summed E-state index contributed by atoms with van der Waals surface area (Å²) >= 11 is 1.30. The van der Waals surface area contributed by atoms with E-state index in [4.69, 9.17) is 4.74 Å². The Bertz CT molecular complexity index is 827. The highest BCUT2D eigenvalue weighted by molar-refractivity contribution is 8.00. The second-order valence-corrected chi connectivity index (χ2v) is 8.02. The second-order valence-electron chi connectivity index (χ2n) is 6.72. The van der Waals surface area contributed by atoms with Crippen LogP contribution in [0.5, 0.6) is 5.75 Å². The molecular formula is C16H19N5O3S. The number of fused-ring (bicyclic) bond motifs is 1. The van der Waals surface area contributed by atoms with Crippen LogP contribution < -0.4 is 10.1 Å². The first-order valence-electron chi connectivity index (χ1n) is 7.82. The first-order valence-corrected chi connectivity index (χ1v) is 8.70. The van der Waals surface area contributed by atoms with Crippen LogP contribution in [0, 0.1) is 0 Å². The number of ether oxygens (including phenoxy) is 1. The van der Waals surface area contributed by atoms with E-state index in [0.29, 0.717) is 22.2 Å². The molecule has 8 nitrogen and oxygen atoms in total. The number of amides is 1. The monoisotopic (exact) mass is 361 g/mol. The van der Waals surface area contributed by atoms with Crippen molar-refractivity contribution in [2.75, 3.05) is 11.9 Å². The normalized spacial score (nSPS) is 15.1. The van der Waals surface area contributed by atoms with Gasteiger partial charge >= 0.3 is 0 Å². The Morgan fingerprint density at radius 3 is 2.88 bits per heavy atom. The van der Waals surface area contributed by atoms with Crippen molar-refractivity contribution in [2.24, 2.45) is 0 Å². The summed E-state index contributed by atoms with van der Waals surface area (Å²) in [5.74, 6) is 0.257. The van der Waals surface area contributed by atoms with Gasteiger partial charge in [-0.05, 0) is 56.3 Å². The number of benzene rings is 1. The number of thioether (sulfide) groups is 1. The molecule has 132 valence electrons. The first-order chi connectivity index (χ1) is 11.8. The molecule has 0 aliphatic carbocycles. The van der Waals surface area contributed by atoms with Gasteiger partial charge in [0.15, 0.2) is 12.4 Å². The Kier molecular flexibility index (Phi) is 4.51. The zero-order chi connectivity index (χ0) is 18.2. The van der Waals surface area contributed by atoms with Gasteiger partial charge in [-0.25, -0.2) is 4.68 Å². The standard InChI is InChI=1S/C16H19N5O3S/c1-9(25-15-18-19-20-21(15)16(2,3)4)14(23)10-5-6-12-11(7-10)17-13(22)8-24-12/h5-7,9H,8H2,1-4H3,(H,17,22). The third-order valence-electron chi connectivity index (χ3n) is 3.62. The molecule has 0 saturated heterocycles. The van der Waals surface area contributed by atoms with E-state index in [1.807, 2.05) is 27.7 Å².